The van der Waals surface area contributed by atoms with E-state index in [9.17, 15) is 4.79 Å². The van der Waals surface area contributed by atoms with Gasteiger partial charge in [-0.1, -0.05) is 24.3 Å². The number of nitrogens with one attached hydrogen (secondary N) is 1. The maximum atomic E-state index is 12.5. The molecular weight excluding hydrogens is 250 g/mol. The van der Waals surface area contributed by atoms with E-state index in [1.165, 1.54) is 5.56 Å². The van der Waals surface area contributed by atoms with Crippen molar-refractivity contribution in [2.75, 3.05) is 26.2 Å². The summed E-state index contributed by atoms with van der Waals surface area (Å²) in [5, 5.41) is 3.27. The zero-order chi connectivity index (χ0) is 14.2. The van der Waals surface area contributed by atoms with Crippen molar-refractivity contribution in [1.82, 2.24) is 10.2 Å². The van der Waals surface area contributed by atoms with Crippen LogP contribution in [-0.4, -0.2) is 37.0 Å². The molecule has 0 radical (unpaired) electrons. The van der Waals surface area contributed by atoms with Crippen molar-refractivity contribution >= 4 is 5.91 Å². The molecule has 108 valence electrons. The Bertz CT molecular complexity index is 487. The molecule has 1 atom stereocenters. The Kier molecular flexibility index (Phi) is 3.52. The van der Waals surface area contributed by atoms with Crippen molar-refractivity contribution in [3.05, 3.63) is 35.4 Å². The third-order valence-corrected chi connectivity index (χ3v) is 4.57. The first-order chi connectivity index (χ1) is 9.60. The number of amides is 1. The Balaban J connectivity index is 1.69. The maximum absolute atomic E-state index is 12.5. The molecule has 1 saturated carbocycles. The van der Waals surface area contributed by atoms with Crippen molar-refractivity contribution in [2.45, 2.75) is 31.2 Å². The van der Waals surface area contributed by atoms with Crippen LogP contribution in [0.5, 0.6) is 0 Å². The standard InChI is InChI=1S/C16H23N3O/c1-12(15(20)19-10-8-18-9-11-19)13-2-4-14(5-3-13)16(17)6-7-16/h2-5,12,18H,6-11,17H2,1H3. The Morgan fingerprint density at radius 2 is 1.85 bits per heavy atom. The van der Waals surface area contributed by atoms with Gasteiger partial charge < -0.3 is 16.0 Å². The lowest BCUT2D eigenvalue weighted by Gasteiger charge is -2.30. The molecule has 0 spiro atoms. The summed E-state index contributed by atoms with van der Waals surface area (Å²) in [5.41, 5.74) is 8.38. The fraction of sp³-hybridized carbons (Fsp3) is 0.562. The summed E-state index contributed by atoms with van der Waals surface area (Å²) in [6.45, 7) is 5.41. The molecule has 1 unspecified atom stereocenters. The Labute approximate surface area is 120 Å². The van der Waals surface area contributed by atoms with E-state index < -0.39 is 0 Å². The van der Waals surface area contributed by atoms with E-state index in [1.807, 2.05) is 11.8 Å². The predicted molar refractivity (Wildman–Crippen MR) is 79.4 cm³/mol. The van der Waals surface area contributed by atoms with Crippen LogP contribution in [0, 0.1) is 0 Å². The first-order valence-electron chi connectivity index (χ1n) is 7.49. The molecule has 1 aliphatic heterocycles. The average molecular weight is 273 g/mol. The van der Waals surface area contributed by atoms with Crippen molar-refractivity contribution in [2.24, 2.45) is 5.73 Å². The van der Waals surface area contributed by atoms with E-state index >= 15 is 0 Å². The number of carbonyl (C=O) groups excluding carboxylic acids is 1. The van der Waals surface area contributed by atoms with Gasteiger partial charge in [0, 0.05) is 31.7 Å². The zero-order valence-electron chi connectivity index (χ0n) is 12.1. The van der Waals surface area contributed by atoms with Gasteiger partial charge in [-0.15, -0.1) is 0 Å². The molecule has 0 bridgehead atoms. The van der Waals surface area contributed by atoms with E-state index in [0.29, 0.717) is 0 Å². The molecule has 1 amide bonds. The predicted octanol–water partition coefficient (Wildman–Crippen LogP) is 1.17. The second kappa shape index (κ2) is 5.19. The molecule has 4 nitrogen and oxygen atoms in total. The first-order valence-corrected chi connectivity index (χ1v) is 7.49. The molecule has 3 N–H and O–H groups in total. The third-order valence-electron chi connectivity index (χ3n) is 4.57. The summed E-state index contributed by atoms with van der Waals surface area (Å²) in [6, 6.07) is 8.30. The smallest absolute Gasteiger partial charge is 0.229 e. The lowest BCUT2D eigenvalue weighted by atomic mass is 9.96. The van der Waals surface area contributed by atoms with Gasteiger partial charge in [-0.3, -0.25) is 4.79 Å². The quantitative estimate of drug-likeness (QED) is 0.869. The number of nitrogens with zero attached hydrogens (tertiary/aromatic N) is 1. The molecule has 1 saturated heterocycles. The zero-order valence-corrected chi connectivity index (χ0v) is 12.1. The van der Waals surface area contributed by atoms with Gasteiger partial charge >= 0.3 is 0 Å². The Morgan fingerprint density at radius 1 is 1.25 bits per heavy atom. The highest BCUT2D eigenvalue weighted by Gasteiger charge is 2.39. The summed E-state index contributed by atoms with van der Waals surface area (Å²) < 4.78 is 0. The highest BCUT2D eigenvalue weighted by molar-refractivity contribution is 5.83. The number of hydrogen-bond donors (Lipinski definition) is 2. The molecule has 1 aromatic carbocycles. The van der Waals surface area contributed by atoms with Gasteiger partial charge in [0.25, 0.3) is 0 Å². The first kappa shape index (κ1) is 13.6. The van der Waals surface area contributed by atoms with Crippen LogP contribution in [0.25, 0.3) is 0 Å². The minimum Gasteiger partial charge on any atom is -0.340 e. The SMILES string of the molecule is CC(C(=O)N1CCNCC1)c1ccc(C2(N)CC2)cc1. The molecule has 1 heterocycles. The largest absolute Gasteiger partial charge is 0.340 e. The minimum atomic E-state index is -0.0929. The van der Waals surface area contributed by atoms with Gasteiger partial charge in [-0.25, -0.2) is 0 Å². The second-order valence-electron chi connectivity index (χ2n) is 6.08. The minimum absolute atomic E-state index is 0.0740. The maximum Gasteiger partial charge on any atom is 0.229 e. The fourth-order valence-corrected chi connectivity index (χ4v) is 2.83. The van der Waals surface area contributed by atoms with Gasteiger partial charge in [-0.05, 0) is 30.9 Å². The van der Waals surface area contributed by atoms with E-state index in [-0.39, 0.29) is 17.4 Å². The molecule has 2 fully saturated rings. The number of piperazine rings is 1. The third kappa shape index (κ3) is 2.58. The van der Waals surface area contributed by atoms with E-state index in [1.54, 1.807) is 0 Å². The summed E-state index contributed by atoms with van der Waals surface area (Å²) in [5.74, 6) is 0.156. The van der Waals surface area contributed by atoms with Crippen molar-refractivity contribution < 1.29 is 4.79 Å². The van der Waals surface area contributed by atoms with E-state index in [0.717, 1.165) is 44.6 Å². The number of rotatable bonds is 3. The van der Waals surface area contributed by atoms with Crippen LogP contribution in [0.4, 0.5) is 0 Å². The Hall–Kier alpha value is -1.39. The van der Waals surface area contributed by atoms with Gasteiger partial charge in [0.05, 0.1) is 5.92 Å². The van der Waals surface area contributed by atoms with Crippen molar-refractivity contribution in [1.29, 1.82) is 0 Å². The van der Waals surface area contributed by atoms with Gasteiger partial charge in [0.2, 0.25) is 5.91 Å². The molecule has 20 heavy (non-hydrogen) atoms. The molecule has 1 aromatic rings. The van der Waals surface area contributed by atoms with Crippen LogP contribution in [0.2, 0.25) is 0 Å². The fourth-order valence-electron chi connectivity index (χ4n) is 2.83. The van der Waals surface area contributed by atoms with Crippen LogP contribution in [0.1, 0.15) is 36.8 Å². The highest BCUT2D eigenvalue weighted by Crippen LogP contribution is 2.42. The Morgan fingerprint density at radius 3 is 2.40 bits per heavy atom. The second-order valence-corrected chi connectivity index (χ2v) is 6.08. The monoisotopic (exact) mass is 273 g/mol. The van der Waals surface area contributed by atoms with Crippen LogP contribution in [-0.2, 0) is 10.3 Å². The topological polar surface area (TPSA) is 58.4 Å². The number of nitrogens with two attached hydrogens (primary N) is 1. The van der Waals surface area contributed by atoms with Crippen molar-refractivity contribution in [3.63, 3.8) is 0 Å². The van der Waals surface area contributed by atoms with Crippen molar-refractivity contribution in [3.8, 4) is 0 Å². The van der Waals surface area contributed by atoms with Crippen LogP contribution in [0.15, 0.2) is 24.3 Å². The van der Waals surface area contributed by atoms with E-state index in [4.69, 9.17) is 5.73 Å². The van der Waals surface area contributed by atoms with Gasteiger partial charge in [0.1, 0.15) is 0 Å². The van der Waals surface area contributed by atoms with Gasteiger partial charge in [0.15, 0.2) is 0 Å². The molecule has 3 rings (SSSR count). The molecule has 4 heteroatoms. The van der Waals surface area contributed by atoms with Gasteiger partial charge in [-0.2, -0.15) is 0 Å². The summed E-state index contributed by atoms with van der Waals surface area (Å²) >= 11 is 0. The lowest BCUT2D eigenvalue weighted by molar-refractivity contribution is -0.133. The van der Waals surface area contributed by atoms with Crippen LogP contribution < -0.4 is 11.1 Å². The number of hydrogen-bond acceptors (Lipinski definition) is 3. The van der Waals surface area contributed by atoms with Crippen LogP contribution in [0.3, 0.4) is 0 Å². The van der Waals surface area contributed by atoms with E-state index in [2.05, 4.69) is 29.6 Å². The normalized spacial score (nSPS) is 22.4. The molecule has 2 aliphatic rings. The highest BCUT2D eigenvalue weighted by atomic mass is 16.2. The molecule has 1 aliphatic carbocycles. The molecule has 0 aromatic heterocycles. The molecular formula is C16H23N3O. The average Bonchev–Trinajstić information content (AvgIpc) is 3.26. The summed E-state index contributed by atoms with van der Waals surface area (Å²) in [6.07, 6.45) is 2.14. The van der Waals surface area contributed by atoms with Crippen LogP contribution >= 0.6 is 0 Å². The number of benzene rings is 1. The summed E-state index contributed by atoms with van der Waals surface area (Å²) in [4.78, 5) is 14.4. The lowest BCUT2D eigenvalue weighted by Crippen LogP contribution is -2.47. The number of carbonyl (C=O) groups is 1. The summed E-state index contributed by atoms with van der Waals surface area (Å²) in [7, 11) is 0.